The quantitative estimate of drug-likeness (QED) is 0.878. The summed E-state index contributed by atoms with van der Waals surface area (Å²) in [5, 5.41) is 8.14. The zero-order valence-corrected chi connectivity index (χ0v) is 12.9. The minimum atomic E-state index is 0.430. The largest absolute Gasteiger partial charge is 0.310 e. The van der Waals surface area contributed by atoms with Gasteiger partial charge in [-0.05, 0) is 37.1 Å². The van der Waals surface area contributed by atoms with Crippen molar-refractivity contribution in [2.45, 2.75) is 58.9 Å². The van der Waals surface area contributed by atoms with E-state index < -0.39 is 0 Å². The molecule has 108 valence electrons. The van der Waals surface area contributed by atoms with E-state index in [9.17, 15) is 0 Å². The van der Waals surface area contributed by atoms with Gasteiger partial charge in [0.2, 0.25) is 0 Å². The van der Waals surface area contributed by atoms with Gasteiger partial charge >= 0.3 is 0 Å². The van der Waals surface area contributed by atoms with Crippen molar-refractivity contribution in [3.63, 3.8) is 0 Å². The Kier molecular flexibility index (Phi) is 4.67. The molecule has 0 bridgehead atoms. The molecule has 0 saturated heterocycles. The summed E-state index contributed by atoms with van der Waals surface area (Å²) < 4.78 is 1.92. The molecule has 1 aliphatic rings. The van der Waals surface area contributed by atoms with Gasteiger partial charge in [-0.2, -0.15) is 5.10 Å². The molecule has 1 saturated carbocycles. The minimum absolute atomic E-state index is 0.430. The van der Waals surface area contributed by atoms with Gasteiger partial charge in [-0.3, -0.25) is 4.68 Å². The van der Waals surface area contributed by atoms with Crippen LogP contribution in [0.5, 0.6) is 0 Å². The lowest BCUT2D eigenvalue weighted by atomic mass is 9.65. The number of rotatable bonds is 5. The summed E-state index contributed by atoms with van der Waals surface area (Å²) in [4.78, 5) is 0. The fraction of sp³-hybridized carbons (Fsp3) is 0.812. The molecular weight excluding hydrogens is 234 g/mol. The fourth-order valence-electron chi connectivity index (χ4n) is 3.53. The van der Waals surface area contributed by atoms with Crippen LogP contribution in [-0.2, 0) is 7.05 Å². The van der Waals surface area contributed by atoms with Crippen LogP contribution in [0.4, 0.5) is 0 Å². The van der Waals surface area contributed by atoms with Gasteiger partial charge in [-0.25, -0.2) is 0 Å². The first-order valence-electron chi connectivity index (χ1n) is 7.76. The van der Waals surface area contributed by atoms with E-state index in [2.05, 4.69) is 37.4 Å². The van der Waals surface area contributed by atoms with Crippen LogP contribution >= 0.6 is 0 Å². The third kappa shape index (κ3) is 3.38. The van der Waals surface area contributed by atoms with Gasteiger partial charge in [0.1, 0.15) is 0 Å². The van der Waals surface area contributed by atoms with Crippen LogP contribution in [0.1, 0.15) is 64.5 Å². The first-order chi connectivity index (χ1) is 9.04. The zero-order valence-electron chi connectivity index (χ0n) is 12.9. The minimum Gasteiger partial charge on any atom is -0.310 e. The fourth-order valence-corrected chi connectivity index (χ4v) is 3.53. The molecule has 1 aliphatic carbocycles. The second-order valence-electron chi connectivity index (χ2n) is 6.72. The molecule has 1 heterocycles. The Labute approximate surface area is 117 Å². The van der Waals surface area contributed by atoms with E-state index in [-0.39, 0.29) is 0 Å². The molecule has 1 aromatic heterocycles. The Bertz CT molecular complexity index is 394. The normalized spacial score (nSPS) is 24.3. The number of hydrogen-bond donors (Lipinski definition) is 1. The second kappa shape index (κ2) is 6.08. The van der Waals surface area contributed by atoms with Crippen molar-refractivity contribution in [1.82, 2.24) is 15.1 Å². The Balaban J connectivity index is 2.21. The third-order valence-electron chi connectivity index (χ3n) is 4.69. The lowest BCUT2D eigenvalue weighted by Gasteiger charge is -2.43. The first kappa shape index (κ1) is 14.6. The van der Waals surface area contributed by atoms with Crippen LogP contribution in [0.25, 0.3) is 0 Å². The lowest BCUT2D eigenvalue weighted by Crippen LogP contribution is -2.39. The molecule has 19 heavy (non-hydrogen) atoms. The van der Waals surface area contributed by atoms with Gasteiger partial charge in [0, 0.05) is 24.8 Å². The number of aryl methyl sites for hydroxylation is 1. The van der Waals surface area contributed by atoms with Crippen LogP contribution in [0.3, 0.4) is 0 Å². The second-order valence-corrected chi connectivity index (χ2v) is 6.72. The topological polar surface area (TPSA) is 29.9 Å². The van der Waals surface area contributed by atoms with Crippen LogP contribution in [0.2, 0.25) is 0 Å². The van der Waals surface area contributed by atoms with Gasteiger partial charge < -0.3 is 5.32 Å². The molecule has 2 atom stereocenters. The first-order valence-corrected chi connectivity index (χ1v) is 7.76. The molecule has 1 aromatic rings. The third-order valence-corrected chi connectivity index (χ3v) is 4.69. The number of nitrogens with one attached hydrogen (secondary N) is 1. The summed E-state index contributed by atoms with van der Waals surface area (Å²) in [6, 6.07) is 0.462. The summed E-state index contributed by atoms with van der Waals surface area (Å²) in [5.74, 6) is 0.719. The summed E-state index contributed by atoms with van der Waals surface area (Å²) >= 11 is 0. The Morgan fingerprint density at radius 2 is 2.26 bits per heavy atom. The van der Waals surface area contributed by atoms with E-state index in [1.165, 1.54) is 37.7 Å². The predicted octanol–water partition coefficient (Wildman–Crippen LogP) is 3.68. The molecule has 3 heteroatoms. The van der Waals surface area contributed by atoms with Gasteiger partial charge in [-0.15, -0.1) is 0 Å². The summed E-state index contributed by atoms with van der Waals surface area (Å²) in [5.41, 5.74) is 1.79. The van der Waals surface area contributed by atoms with Crippen LogP contribution < -0.4 is 5.32 Å². The van der Waals surface area contributed by atoms with Crippen molar-refractivity contribution in [3.8, 4) is 0 Å². The zero-order chi connectivity index (χ0) is 13.9. The average molecular weight is 263 g/mol. The smallest absolute Gasteiger partial charge is 0.0537 e. The number of hydrogen-bond acceptors (Lipinski definition) is 2. The van der Waals surface area contributed by atoms with Gasteiger partial charge in [0.25, 0.3) is 0 Å². The molecule has 0 aliphatic heterocycles. The van der Waals surface area contributed by atoms with E-state index in [4.69, 9.17) is 0 Å². The van der Waals surface area contributed by atoms with Gasteiger partial charge in [0.15, 0.2) is 0 Å². The van der Waals surface area contributed by atoms with E-state index in [1.54, 1.807) is 0 Å². The molecular formula is C16H29N3. The standard InChI is InChI=1S/C16H29N3/c1-5-10-17-15(13-11-18-19(4)12-13)14-8-6-7-9-16(14,2)3/h11-12,14-15,17H,5-10H2,1-4H3. The molecule has 2 rings (SSSR count). The van der Waals surface area contributed by atoms with E-state index >= 15 is 0 Å². The van der Waals surface area contributed by atoms with Crippen molar-refractivity contribution in [3.05, 3.63) is 18.0 Å². The van der Waals surface area contributed by atoms with Crippen molar-refractivity contribution in [2.75, 3.05) is 6.54 Å². The highest BCUT2D eigenvalue weighted by Crippen LogP contribution is 2.46. The van der Waals surface area contributed by atoms with Crippen molar-refractivity contribution < 1.29 is 0 Å². The highest BCUT2D eigenvalue weighted by Gasteiger charge is 2.38. The number of nitrogens with zero attached hydrogens (tertiary/aromatic N) is 2. The van der Waals surface area contributed by atoms with Crippen molar-refractivity contribution in [2.24, 2.45) is 18.4 Å². The van der Waals surface area contributed by atoms with Crippen LogP contribution in [-0.4, -0.2) is 16.3 Å². The highest BCUT2D eigenvalue weighted by molar-refractivity contribution is 5.13. The van der Waals surface area contributed by atoms with Crippen LogP contribution in [0.15, 0.2) is 12.4 Å². The van der Waals surface area contributed by atoms with Crippen LogP contribution in [0, 0.1) is 11.3 Å². The molecule has 0 radical (unpaired) electrons. The molecule has 0 spiro atoms. The Morgan fingerprint density at radius 1 is 1.47 bits per heavy atom. The van der Waals surface area contributed by atoms with Crippen molar-refractivity contribution in [1.29, 1.82) is 0 Å². The van der Waals surface area contributed by atoms with E-state index in [0.29, 0.717) is 11.5 Å². The lowest BCUT2D eigenvalue weighted by molar-refractivity contribution is 0.0981. The molecule has 0 aromatic carbocycles. The maximum atomic E-state index is 4.36. The maximum absolute atomic E-state index is 4.36. The summed E-state index contributed by atoms with van der Waals surface area (Å²) in [6.45, 7) is 8.20. The molecule has 0 amide bonds. The predicted molar refractivity (Wildman–Crippen MR) is 80.0 cm³/mol. The van der Waals surface area contributed by atoms with E-state index in [0.717, 1.165) is 12.5 Å². The molecule has 1 fully saturated rings. The summed E-state index contributed by atoms with van der Waals surface area (Å²) in [6.07, 6.45) is 10.8. The van der Waals surface area contributed by atoms with Gasteiger partial charge in [-0.1, -0.05) is 33.6 Å². The monoisotopic (exact) mass is 263 g/mol. The Morgan fingerprint density at radius 3 is 2.84 bits per heavy atom. The highest BCUT2D eigenvalue weighted by atomic mass is 15.2. The van der Waals surface area contributed by atoms with Gasteiger partial charge in [0.05, 0.1) is 6.20 Å². The van der Waals surface area contributed by atoms with E-state index in [1.807, 2.05) is 17.9 Å². The molecule has 2 unspecified atom stereocenters. The molecule has 3 nitrogen and oxygen atoms in total. The maximum Gasteiger partial charge on any atom is 0.0537 e. The Hall–Kier alpha value is -0.830. The molecule has 1 N–H and O–H groups in total. The SMILES string of the molecule is CCCNC(c1cnn(C)c1)C1CCCCC1(C)C. The number of aromatic nitrogens is 2. The average Bonchev–Trinajstić information content (AvgIpc) is 2.78. The summed E-state index contributed by atoms with van der Waals surface area (Å²) in [7, 11) is 2.01. The van der Waals surface area contributed by atoms with Crippen molar-refractivity contribution >= 4 is 0 Å².